The molecule has 0 unspecified atom stereocenters. The summed E-state index contributed by atoms with van der Waals surface area (Å²) in [5.74, 6) is 0.926. The van der Waals surface area contributed by atoms with Gasteiger partial charge in [0.05, 0.1) is 0 Å². The van der Waals surface area contributed by atoms with E-state index in [0.29, 0.717) is 0 Å². The standard InChI is InChI=1S/C5H10O.3BF4.Na.H/c1-6-4-5-2-3-5;3*2-1(3,4)5;;/h5H,2-4H2,1H3;;;;;/q;3*-1;+1;-1. The molecule has 0 aromatic heterocycles. The van der Waals surface area contributed by atoms with Gasteiger partial charge in [-0.1, -0.05) is 0 Å². The molecule has 22 heavy (non-hydrogen) atoms. The van der Waals surface area contributed by atoms with Gasteiger partial charge in [-0.25, -0.2) is 0 Å². The Morgan fingerprint density at radius 3 is 0.955 bits per heavy atom. The van der Waals surface area contributed by atoms with E-state index in [2.05, 4.69) is 0 Å². The van der Waals surface area contributed by atoms with E-state index in [4.69, 9.17) is 4.74 Å². The Kier molecular flexibility index (Phi) is 18.9. The molecule has 0 radical (unpaired) electrons. The van der Waals surface area contributed by atoms with E-state index in [0.717, 1.165) is 12.5 Å². The average Bonchev–Trinajstić information content (AvgIpc) is 2.77. The van der Waals surface area contributed by atoms with Crippen LogP contribution in [0.15, 0.2) is 0 Å². The van der Waals surface area contributed by atoms with Crippen LogP contribution in [-0.2, 0) is 4.74 Å². The van der Waals surface area contributed by atoms with Gasteiger partial charge < -0.3 is 58.0 Å². The molecule has 1 aliphatic carbocycles. The van der Waals surface area contributed by atoms with Gasteiger partial charge in [0, 0.05) is 13.7 Å². The summed E-state index contributed by atoms with van der Waals surface area (Å²) in [6.45, 7) is 0.986. The van der Waals surface area contributed by atoms with Gasteiger partial charge in [-0.2, -0.15) is 0 Å². The Bertz CT molecular complexity index is 198. The number of ether oxygens (including phenoxy) is 1. The van der Waals surface area contributed by atoms with Crippen molar-refractivity contribution >= 4 is 21.8 Å². The molecule has 0 saturated heterocycles. The second-order valence-corrected chi connectivity index (χ2v) is 3.38. The van der Waals surface area contributed by atoms with Gasteiger partial charge in [-0.05, 0) is 18.8 Å². The third-order valence-corrected chi connectivity index (χ3v) is 1.10. The number of hydrogen-bond acceptors (Lipinski definition) is 1. The van der Waals surface area contributed by atoms with Crippen molar-refractivity contribution < 1.29 is 87.5 Å². The molecule has 0 amide bonds. The minimum Gasteiger partial charge on any atom is -1.00 e. The molecule has 0 atom stereocenters. The average molecular weight is 371 g/mol. The van der Waals surface area contributed by atoms with Crippen LogP contribution in [0.25, 0.3) is 0 Å². The second kappa shape index (κ2) is 13.7. The molecule has 0 aromatic rings. The largest absolute Gasteiger partial charge is 1.00 e. The van der Waals surface area contributed by atoms with Crippen molar-refractivity contribution in [2.75, 3.05) is 13.7 Å². The van der Waals surface area contributed by atoms with Crippen molar-refractivity contribution in [3.63, 3.8) is 0 Å². The van der Waals surface area contributed by atoms with E-state index < -0.39 is 21.8 Å². The van der Waals surface area contributed by atoms with Crippen molar-refractivity contribution in [1.29, 1.82) is 0 Å². The zero-order valence-corrected chi connectivity index (χ0v) is 13.4. The first-order valence-corrected chi connectivity index (χ1v) is 5.04. The minimum absolute atomic E-state index is 0. The minimum atomic E-state index is -6.00. The van der Waals surface area contributed by atoms with Crippen LogP contribution in [0.2, 0.25) is 0 Å². The SMILES string of the molecule is COCC1CC1.F[B-](F)(F)F.F[B-](F)(F)F.F[B-](F)(F)F.[H-].[Na+]. The third kappa shape index (κ3) is 190. The number of hydrogen-bond donors (Lipinski definition) is 0. The maximum absolute atomic E-state index is 9.75. The van der Waals surface area contributed by atoms with Crippen molar-refractivity contribution in [3.8, 4) is 0 Å². The molecule has 1 nitrogen and oxygen atoms in total. The molecule has 0 N–H and O–H groups in total. The predicted octanol–water partition coefficient (Wildman–Crippen LogP) is 2.06. The molecule has 0 bridgehead atoms. The third-order valence-electron chi connectivity index (χ3n) is 1.10. The van der Waals surface area contributed by atoms with Gasteiger partial charge in [0.25, 0.3) is 0 Å². The van der Waals surface area contributed by atoms with E-state index in [9.17, 15) is 51.8 Å². The van der Waals surface area contributed by atoms with E-state index in [1.165, 1.54) is 12.8 Å². The van der Waals surface area contributed by atoms with E-state index in [1.807, 2.05) is 0 Å². The topological polar surface area (TPSA) is 9.23 Å². The molecular formula is C5H11B3F12NaO-3. The Balaban J connectivity index is -0.0000000612. The van der Waals surface area contributed by atoms with Crippen LogP contribution in [0, 0.1) is 5.92 Å². The van der Waals surface area contributed by atoms with Gasteiger partial charge in [0.15, 0.2) is 0 Å². The summed E-state index contributed by atoms with van der Waals surface area (Å²) in [6, 6.07) is 0. The first-order chi connectivity index (χ1) is 8.93. The van der Waals surface area contributed by atoms with Crippen LogP contribution in [0.3, 0.4) is 0 Å². The summed E-state index contributed by atoms with van der Waals surface area (Å²) in [7, 11) is -16.2. The smallest absolute Gasteiger partial charge is 1.00 e. The Morgan fingerprint density at radius 2 is 0.909 bits per heavy atom. The summed E-state index contributed by atoms with van der Waals surface area (Å²) < 4.78 is 122. The van der Waals surface area contributed by atoms with Crippen LogP contribution in [0.5, 0.6) is 0 Å². The monoisotopic (exact) mass is 371 g/mol. The summed E-state index contributed by atoms with van der Waals surface area (Å²) in [6.07, 6.45) is 2.79. The Morgan fingerprint density at radius 1 is 0.727 bits per heavy atom. The van der Waals surface area contributed by atoms with E-state index in [-0.39, 0.29) is 31.0 Å². The summed E-state index contributed by atoms with van der Waals surface area (Å²) >= 11 is 0. The Hall–Kier alpha value is 0.315. The van der Waals surface area contributed by atoms with Crippen molar-refractivity contribution in [1.82, 2.24) is 0 Å². The van der Waals surface area contributed by atoms with Crippen LogP contribution >= 0.6 is 0 Å². The van der Waals surface area contributed by atoms with Gasteiger partial charge in [-0.15, -0.1) is 0 Å². The van der Waals surface area contributed by atoms with Crippen LogP contribution in [0.4, 0.5) is 51.8 Å². The first kappa shape index (κ1) is 30.2. The van der Waals surface area contributed by atoms with E-state index in [1.54, 1.807) is 7.11 Å². The van der Waals surface area contributed by atoms with Crippen molar-refractivity contribution in [2.45, 2.75) is 12.8 Å². The summed E-state index contributed by atoms with van der Waals surface area (Å²) in [5.41, 5.74) is 0. The molecule has 1 rings (SSSR count). The van der Waals surface area contributed by atoms with Gasteiger partial charge in [0.2, 0.25) is 0 Å². The first-order valence-electron chi connectivity index (χ1n) is 5.04. The van der Waals surface area contributed by atoms with Crippen molar-refractivity contribution in [3.05, 3.63) is 0 Å². The maximum atomic E-state index is 9.75. The molecule has 1 fully saturated rings. The van der Waals surface area contributed by atoms with Crippen LogP contribution < -0.4 is 29.6 Å². The molecule has 0 heterocycles. The quantitative estimate of drug-likeness (QED) is 0.534. The molecule has 0 aromatic carbocycles. The zero-order valence-electron chi connectivity index (χ0n) is 12.4. The molecule has 1 aliphatic rings. The molecular weight excluding hydrogens is 359 g/mol. The Labute approximate surface area is 142 Å². The molecule has 1 saturated carbocycles. The molecule has 0 aliphatic heterocycles. The fraction of sp³-hybridized carbons (Fsp3) is 1.00. The molecule has 134 valence electrons. The number of halogens is 12. The van der Waals surface area contributed by atoms with Gasteiger partial charge in [-0.3, -0.25) is 0 Å². The molecule has 0 spiro atoms. The number of methoxy groups -OCH3 is 1. The number of rotatable bonds is 2. The van der Waals surface area contributed by atoms with Crippen molar-refractivity contribution in [2.24, 2.45) is 5.92 Å². The fourth-order valence-electron chi connectivity index (χ4n) is 0.520. The van der Waals surface area contributed by atoms with E-state index >= 15 is 0 Å². The fourth-order valence-corrected chi connectivity index (χ4v) is 0.520. The zero-order chi connectivity index (χ0) is 17.9. The normalized spacial score (nSPS) is 14.0. The van der Waals surface area contributed by atoms with Gasteiger partial charge in [0.1, 0.15) is 0 Å². The maximum Gasteiger partial charge on any atom is 1.00 e. The van der Waals surface area contributed by atoms with Gasteiger partial charge >= 0.3 is 51.3 Å². The van der Waals surface area contributed by atoms with Crippen LogP contribution in [0.1, 0.15) is 14.3 Å². The molecule has 17 heteroatoms. The predicted molar refractivity (Wildman–Crippen MR) is 56.3 cm³/mol. The second-order valence-electron chi connectivity index (χ2n) is 3.38. The van der Waals surface area contributed by atoms with Crippen LogP contribution in [-0.4, -0.2) is 35.5 Å². The summed E-state index contributed by atoms with van der Waals surface area (Å²) in [5, 5.41) is 0. The summed E-state index contributed by atoms with van der Waals surface area (Å²) in [4.78, 5) is 0.